The van der Waals surface area contributed by atoms with Crippen LogP contribution in [0.3, 0.4) is 0 Å². The van der Waals surface area contributed by atoms with Crippen molar-refractivity contribution in [2.75, 3.05) is 25.6 Å². The number of thiazole rings is 1. The van der Waals surface area contributed by atoms with Crippen molar-refractivity contribution in [3.8, 4) is 16.2 Å². The largest absolute Gasteiger partial charge is 0.495 e. The van der Waals surface area contributed by atoms with E-state index in [0.29, 0.717) is 24.8 Å². The Morgan fingerprint density at radius 3 is 2.71 bits per heavy atom. The molecule has 1 atom stereocenters. The van der Waals surface area contributed by atoms with E-state index in [2.05, 4.69) is 5.32 Å². The van der Waals surface area contributed by atoms with Crippen molar-refractivity contribution >= 4 is 26.5 Å². The van der Waals surface area contributed by atoms with Gasteiger partial charge in [-0.2, -0.15) is 4.31 Å². The highest BCUT2D eigenvalue weighted by Gasteiger charge is 2.36. The topological polar surface area (TPSA) is 91.8 Å². The van der Waals surface area contributed by atoms with Crippen molar-refractivity contribution in [1.82, 2.24) is 9.29 Å². The SMILES string of the molecule is COc1ccc(-c2sc(NC3CCCCC3)nc2C)cc1S(=O)(=O)N1CCC[C@H]1CO. The minimum absolute atomic E-state index is 0.141. The molecular weight excluding hydrogens is 434 g/mol. The van der Waals surface area contributed by atoms with Gasteiger partial charge in [0.25, 0.3) is 0 Å². The zero-order chi connectivity index (χ0) is 22.0. The van der Waals surface area contributed by atoms with Crippen molar-refractivity contribution in [1.29, 1.82) is 0 Å². The minimum atomic E-state index is -3.79. The number of benzene rings is 1. The fraction of sp³-hybridized carbons (Fsp3) is 0.591. The van der Waals surface area contributed by atoms with Gasteiger partial charge in [0, 0.05) is 18.6 Å². The first-order valence-electron chi connectivity index (χ1n) is 11.0. The molecule has 170 valence electrons. The molecule has 4 rings (SSSR count). The van der Waals surface area contributed by atoms with E-state index in [-0.39, 0.29) is 17.5 Å². The van der Waals surface area contributed by atoms with E-state index in [1.54, 1.807) is 23.5 Å². The number of aryl methyl sites for hydroxylation is 1. The molecule has 0 unspecified atom stereocenters. The Bertz CT molecular complexity index is 1020. The van der Waals surface area contributed by atoms with E-state index in [0.717, 1.165) is 27.7 Å². The number of nitrogens with zero attached hydrogens (tertiary/aromatic N) is 2. The fourth-order valence-corrected chi connectivity index (χ4v) is 7.51. The third-order valence-corrected chi connectivity index (χ3v) is 9.39. The number of sulfonamides is 1. The molecule has 0 spiro atoms. The van der Waals surface area contributed by atoms with Gasteiger partial charge in [0.05, 0.1) is 24.3 Å². The molecular formula is C22H31N3O4S2. The molecule has 2 fully saturated rings. The van der Waals surface area contributed by atoms with E-state index in [1.807, 2.05) is 13.0 Å². The monoisotopic (exact) mass is 465 g/mol. The zero-order valence-corrected chi connectivity index (χ0v) is 19.8. The summed E-state index contributed by atoms with van der Waals surface area (Å²) in [5.74, 6) is 0.315. The van der Waals surface area contributed by atoms with Gasteiger partial charge in [0.2, 0.25) is 10.0 Å². The highest BCUT2D eigenvalue weighted by Crippen LogP contribution is 2.39. The van der Waals surface area contributed by atoms with Crippen LogP contribution >= 0.6 is 11.3 Å². The lowest BCUT2D eigenvalue weighted by molar-refractivity contribution is 0.213. The first-order chi connectivity index (χ1) is 14.9. The first-order valence-corrected chi connectivity index (χ1v) is 13.2. The number of hydrogen-bond donors (Lipinski definition) is 2. The highest BCUT2D eigenvalue weighted by atomic mass is 32.2. The number of anilines is 1. The molecule has 1 aromatic heterocycles. The molecule has 1 aliphatic heterocycles. The molecule has 2 N–H and O–H groups in total. The number of aromatic nitrogens is 1. The van der Waals surface area contributed by atoms with Crippen LogP contribution in [0.5, 0.6) is 5.75 Å². The van der Waals surface area contributed by atoms with Gasteiger partial charge in [-0.3, -0.25) is 0 Å². The predicted molar refractivity (Wildman–Crippen MR) is 123 cm³/mol. The number of aliphatic hydroxyl groups is 1. The molecule has 0 radical (unpaired) electrons. The third-order valence-electron chi connectivity index (χ3n) is 6.28. The Morgan fingerprint density at radius 1 is 1.23 bits per heavy atom. The summed E-state index contributed by atoms with van der Waals surface area (Å²) in [4.78, 5) is 5.80. The first kappa shape index (κ1) is 22.5. The molecule has 7 nitrogen and oxygen atoms in total. The van der Waals surface area contributed by atoms with Gasteiger partial charge in [-0.15, -0.1) is 0 Å². The van der Waals surface area contributed by atoms with E-state index >= 15 is 0 Å². The molecule has 1 saturated heterocycles. The number of ether oxygens (including phenoxy) is 1. The van der Waals surface area contributed by atoms with Crippen LogP contribution in [0.15, 0.2) is 23.1 Å². The summed E-state index contributed by atoms with van der Waals surface area (Å²) in [6.07, 6.45) is 7.55. The molecule has 9 heteroatoms. The molecule has 2 heterocycles. The maximum Gasteiger partial charge on any atom is 0.247 e. The van der Waals surface area contributed by atoms with Crippen molar-refractivity contribution in [2.24, 2.45) is 0 Å². The summed E-state index contributed by atoms with van der Waals surface area (Å²) >= 11 is 1.56. The van der Waals surface area contributed by atoms with Crippen LogP contribution < -0.4 is 10.1 Å². The van der Waals surface area contributed by atoms with Crippen LogP contribution in [0.4, 0.5) is 5.13 Å². The van der Waals surface area contributed by atoms with E-state index in [1.165, 1.54) is 43.5 Å². The lowest BCUT2D eigenvalue weighted by atomic mass is 9.96. The van der Waals surface area contributed by atoms with Gasteiger partial charge in [-0.25, -0.2) is 13.4 Å². The van der Waals surface area contributed by atoms with Crippen molar-refractivity contribution in [3.05, 3.63) is 23.9 Å². The Hall–Kier alpha value is -1.68. The fourth-order valence-electron chi connectivity index (χ4n) is 4.60. The average Bonchev–Trinajstić information content (AvgIpc) is 3.41. The quantitative estimate of drug-likeness (QED) is 0.642. The third kappa shape index (κ3) is 4.60. The molecule has 31 heavy (non-hydrogen) atoms. The van der Waals surface area contributed by atoms with Gasteiger partial charge < -0.3 is 15.2 Å². The summed E-state index contributed by atoms with van der Waals surface area (Å²) in [5.41, 5.74) is 1.69. The summed E-state index contributed by atoms with van der Waals surface area (Å²) < 4.78 is 33.7. The van der Waals surface area contributed by atoms with Crippen molar-refractivity contribution < 1.29 is 18.3 Å². The van der Waals surface area contributed by atoms with Crippen molar-refractivity contribution in [3.63, 3.8) is 0 Å². The van der Waals surface area contributed by atoms with Crippen LogP contribution in [-0.2, 0) is 10.0 Å². The summed E-state index contributed by atoms with van der Waals surface area (Å²) in [6.45, 7) is 2.19. The summed E-state index contributed by atoms with van der Waals surface area (Å²) in [6, 6.07) is 5.36. The summed E-state index contributed by atoms with van der Waals surface area (Å²) in [5, 5.41) is 14.1. The molecule has 2 aromatic rings. The Labute approximate surface area is 188 Å². The molecule has 1 aromatic carbocycles. The second-order valence-electron chi connectivity index (χ2n) is 8.37. The average molecular weight is 466 g/mol. The van der Waals surface area contributed by atoms with Crippen LogP contribution in [0.2, 0.25) is 0 Å². The second-order valence-corrected chi connectivity index (χ2v) is 11.2. The Kier molecular flexibility index (Phi) is 6.86. The molecule has 1 saturated carbocycles. The standard InChI is InChI=1S/C22H31N3O4S2/c1-15-21(30-22(23-15)24-17-7-4-3-5-8-17)16-10-11-19(29-2)20(13-16)31(27,28)25-12-6-9-18(25)14-26/h10-11,13,17-18,26H,3-9,12,14H2,1-2H3,(H,23,24)/t18-/m0/s1. The van der Waals surface area contributed by atoms with Gasteiger partial charge in [0.15, 0.2) is 5.13 Å². The molecule has 1 aliphatic carbocycles. The van der Waals surface area contributed by atoms with Crippen LogP contribution in [-0.4, -0.2) is 55.2 Å². The summed E-state index contributed by atoms with van der Waals surface area (Å²) in [7, 11) is -2.31. The maximum absolute atomic E-state index is 13.4. The second kappa shape index (κ2) is 9.44. The van der Waals surface area contributed by atoms with Gasteiger partial charge in [-0.05, 0) is 56.4 Å². The highest BCUT2D eigenvalue weighted by molar-refractivity contribution is 7.89. The lowest BCUT2D eigenvalue weighted by Crippen LogP contribution is -2.37. The van der Waals surface area contributed by atoms with Gasteiger partial charge >= 0.3 is 0 Å². The lowest BCUT2D eigenvalue weighted by Gasteiger charge is -2.23. The van der Waals surface area contributed by atoms with E-state index in [9.17, 15) is 13.5 Å². The Balaban J connectivity index is 1.66. The van der Waals surface area contributed by atoms with Crippen LogP contribution in [0.1, 0.15) is 50.6 Å². The zero-order valence-electron chi connectivity index (χ0n) is 18.1. The van der Waals surface area contributed by atoms with E-state index < -0.39 is 10.0 Å². The van der Waals surface area contributed by atoms with Gasteiger partial charge in [-0.1, -0.05) is 30.6 Å². The maximum atomic E-state index is 13.4. The number of methoxy groups -OCH3 is 1. The number of aliphatic hydroxyl groups excluding tert-OH is 1. The molecule has 2 aliphatic rings. The predicted octanol–water partition coefficient (Wildman–Crippen LogP) is 4.02. The number of hydrogen-bond acceptors (Lipinski definition) is 7. The Morgan fingerprint density at radius 2 is 2.00 bits per heavy atom. The number of nitrogens with one attached hydrogen (secondary N) is 1. The molecule has 0 amide bonds. The van der Waals surface area contributed by atoms with Crippen LogP contribution in [0, 0.1) is 6.92 Å². The number of rotatable bonds is 7. The normalized spacial score (nSPS) is 20.8. The smallest absolute Gasteiger partial charge is 0.247 e. The minimum Gasteiger partial charge on any atom is -0.495 e. The van der Waals surface area contributed by atoms with Gasteiger partial charge in [0.1, 0.15) is 10.6 Å². The van der Waals surface area contributed by atoms with Crippen LogP contribution in [0.25, 0.3) is 10.4 Å². The van der Waals surface area contributed by atoms with E-state index in [4.69, 9.17) is 9.72 Å². The molecule has 0 bridgehead atoms. The van der Waals surface area contributed by atoms with Crippen molar-refractivity contribution in [2.45, 2.75) is 68.8 Å².